The van der Waals surface area contributed by atoms with E-state index in [1.165, 1.54) is 0 Å². The van der Waals surface area contributed by atoms with Crippen LogP contribution in [-0.4, -0.2) is 29.4 Å². The minimum Gasteiger partial charge on any atom is -0.338 e. The van der Waals surface area contributed by atoms with Crippen molar-refractivity contribution in [1.29, 1.82) is 0 Å². The maximum absolute atomic E-state index is 11.9. The molecule has 14 heavy (non-hydrogen) atoms. The molecule has 3 atom stereocenters. The molecule has 0 aromatic carbocycles. The first kappa shape index (κ1) is 11.5. The number of nitrogens with zero attached hydrogens (tertiary/aromatic N) is 1. The molecule has 1 heterocycles. The monoisotopic (exact) mass is 198 g/mol. The molecule has 1 aliphatic rings. The van der Waals surface area contributed by atoms with E-state index in [9.17, 15) is 4.79 Å². The highest BCUT2D eigenvalue weighted by atomic mass is 16.2. The molecular weight excluding hydrogens is 176 g/mol. The molecule has 0 saturated carbocycles. The van der Waals surface area contributed by atoms with Crippen LogP contribution in [0.25, 0.3) is 0 Å². The minimum absolute atomic E-state index is 0.122. The summed E-state index contributed by atoms with van der Waals surface area (Å²) < 4.78 is 0. The van der Waals surface area contributed by atoms with E-state index < -0.39 is 0 Å². The minimum atomic E-state index is -0.331. The summed E-state index contributed by atoms with van der Waals surface area (Å²) in [6.07, 6.45) is 1.11. The van der Waals surface area contributed by atoms with Gasteiger partial charge in [-0.1, -0.05) is 20.8 Å². The Morgan fingerprint density at radius 2 is 2.00 bits per heavy atom. The number of carbonyl (C=O) groups excluding carboxylic acids is 1. The fraction of sp³-hybridized carbons (Fsp3) is 0.909. The number of rotatable bonds is 2. The Morgan fingerprint density at radius 1 is 1.43 bits per heavy atom. The zero-order valence-corrected chi connectivity index (χ0v) is 9.66. The average Bonchev–Trinajstić information content (AvgIpc) is 2.42. The van der Waals surface area contributed by atoms with E-state index in [1.54, 1.807) is 0 Å². The van der Waals surface area contributed by atoms with Gasteiger partial charge in [0.1, 0.15) is 0 Å². The topological polar surface area (TPSA) is 46.3 Å². The number of carbonyl (C=O) groups is 1. The van der Waals surface area contributed by atoms with Crippen LogP contribution in [-0.2, 0) is 4.79 Å². The third-order valence-electron chi connectivity index (χ3n) is 3.07. The first-order chi connectivity index (χ1) is 6.43. The average molecular weight is 198 g/mol. The zero-order chi connectivity index (χ0) is 10.9. The van der Waals surface area contributed by atoms with Crippen LogP contribution in [0.2, 0.25) is 0 Å². The summed E-state index contributed by atoms with van der Waals surface area (Å²) in [5.74, 6) is 0.968. The van der Waals surface area contributed by atoms with Gasteiger partial charge in [-0.25, -0.2) is 0 Å². The molecule has 1 amide bonds. The molecule has 0 aromatic heterocycles. The van der Waals surface area contributed by atoms with E-state index >= 15 is 0 Å². The van der Waals surface area contributed by atoms with E-state index in [0.29, 0.717) is 12.0 Å². The van der Waals surface area contributed by atoms with Crippen molar-refractivity contribution in [1.82, 2.24) is 4.90 Å². The first-order valence-electron chi connectivity index (χ1n) is 5.49. The van der Waals surface area contributed by atoms with Gasteiger partial charge in [0.25, 0.3) is 0 Å². The largest absolute Gasteiger partial charge is 0.338 e. The second kappa shape index (κ2) is 4.30. The van der Waals surface area contributed by atoms with Crippen molar-refractivity contribution in [2.45, 2.75) is 46.2 Å². The number of likely N-dealkylation sites (tertiary alicyclic amines) is 1. The Labute approximate surface area is 86.6 Å². The Bertz CT molecular complexity index is 215. The highest BCUT2D eigenvalue weighted by molar-refractivity contribution is 5.82. The summed E-state index contributed by atoms with van der Waals surface area (Å²) in [6, 6.07) is 0.0325. The number of hydrogen-bond donors (Lipinski definition) is 1. The second-order valence-corrected chi connectivity index (χ2v) is 4.95. The van der Waals surface area contributed by atoms with Gasteiger partial charge in [0.05, 0.1) is 6.04 Å². The molecule has 1 unspecified atom stereocenters. The van der Waals surface area contributed by atoms with E-state index in [-0.39, 0.29) is 17.9 Å². The van der Waals surface area contributed by atoms with Crippen LogP contribution in [0.4, 0.5) is 0 Å². The predicted molar refractivity (Wildman–Crippen MR) is 57.8 cm³/mol. The maximum Gasteiger partial charge on any atom is 0.239 e. The molecule has 1 fully saturated rings. The molecule has 82 valence electrons. The molecule has 3 nitrogen and oxygen atoms in total. The molecule has 3 heteroatoms. The van der Waals surface area contributed by atoms with Crippen molar-refractivity contribution in [3.8, 4) is 0 Å². The molecule has 1 rings (SSSR count). The molecule has 0 aliphatic carbocycles. The van der Waals surface area contributed by atoms with Crippen LogP contribution in [0.1, 0.15) is 34.1 Å². The van der Waals surface area contributed by atoms with Crippen molar-refractivity contribution in [2.24, 2.45) is 17.6 Å². The van der Waals surface area contributed by atoms with Gasteiger partial charge in [-0.15, -0.1) is 0 Å². The summed E-state index contributed by atoms with van der Waals surface area (Å²) in [4.78, 5) is 13.9. The molecule has 0 radical (unpaired) electrons. The summed E-state index contributed by atoms with van der Waals surface area (Å²) in [7, 11) is 0. The van der Waals surface area contributed by atoms with E-state index in [2.05, 4.69) is 13.8 Å². The van der Waals surface area contributed by atoms with Gasteiger partial charge in [0.2, 0.25) is 5.91 Å². The molecule has 0 bridgehead atoms. The third kappa shape index (κ3) is 2.27. The van der Waals surface area contributed by atoms with Gasteiger partial charge in [-0.2, -0.15) is 0 Å². The van der Waals surface area contributed by atoms with E-state index in [4.69, 9.17) is 5.73 Å². The highest BCUT2D eigenvalue weighted by Crippen LogP contribution is 2.23. The van der Waals surface area contributed by atoms with Crippen LogP contribution in [0.5, 0.6) is 0 Å². The van der Waals surface area contributed by atoms with Crippen molar-refractivity contribution in [3.05, 3.63) is 0 Å². The standard InChI is InChI=1S/C11H22N2O/c1-7(2)10(12)11(14)13-6-8(3)5-9(13)4/h7-10H,5-6,12H2,1-4H3/t8-,9?,10+/m1/s1. The Hall–Kier alpha value is -0.570. The van der Waals surface area contributed by atoms with Crippen LogP contribution < -0.4 is 5.73 Å². The number of nitrogens with two attached hydrogens (primary N) is 1. The summed E-state index contributed by atoms with van der Waals surface area (Å²) in [5, 5.41) is 0. The molecule has 1 aliphatic heterocycles. The molecule has 2 N–H and O–H groups in total. The van der Waals surface area contributed by atoms with Crippen LogP contribution in [0.15, 0.2) is 0 Å². The van der Waals surface area contributed by atoms with Gasteiger partial charge in [0.15, 0.2) is 0 Å². The van der Waals surface area contributed by atoms with Crippen LogP contribution >= 0.6 is 0 Å². The summed E-state index contributed by atoms with van der Waals surface area (Å²) >= 11 is 0. The number of hydrogen-bond acceptors (Lipinski definition) is 2. The van der Waals surface area contributed by atoms with Gasteiger partial charge in [0, 0.05) is 12.6 Å². The smallest absolute Gasteiger partial charge is 0.239 e. The van der Waals surface area contributed by atoms with E-state index in [0.717, 1.165) is 13.0 Å². The Morgan fingerprint density at radius 3 is 2.36 bits per heavy atom. The lowest BCUT2D eigenvalue weighted by Gasteiger charge is -2.26. The van der Waals surface area contributed by atoms with Crippen LogP contribution in [0, 0.1) is 11.8 Å². The number of amides is 1. The maximum atomic E-state index is 11.9. The Balaban J connectivity index is 2.61. The Kier molecular flexibility index (Phi) is 3.53. The van der Waals surface area contributed by atoms with Crippen molar-refractivity contribution < 1.29 is 4.79 Å². The lowest BCUT2D eigenvalue weighted by Crippen LogP contribution is -2.47. The summed E-state index contributed by atoms with van der Waals surface area (Å²) in [5.41, 5.74) is 5.86. The van der Waals surface area contributed by atoms with Crippen molar-refractivity contribution in [2.75, 3.05) is 6.54 Å². The van der Waals surface area contributed by atoms with Gasteiger partial charge in [-0.3, -0.25) is 4.79 Å². The van der Waals surface area contributed by atoms with Gasteiger partial charge in [-0.05, 0) is 25.2 Å². The SMILES string of the molecule is CC(C)[C@H](N)C(=O)N1C[C@H](C)CC1C. The normalized spacial score (nSPS) is 29.7. The molecule has 1 saturated heterocycles. The fourth-order valence-corrected chi connectivity index (χ4v) is 2.08. The molecular formula is C11H22N2O. The molecule has 0 aromatic rings. The fourth-order valence-electron chi connectivity index (χ4n) is 2.08. The van der Waals surface area contributed by atoms with E-state index in [1.807, 2.05) is 18.7 Å². The summed E-state index contributed by atoms with van der Waals surface area (Å²) in [6.45, 7) is 9.15. The van der Waals surface area contributed by atoms with Gasteiger partial charge >= 0.3 is 0 Å². The van der Waals surface area contributed by atoms with Crippen molar-refractivity contribution in [3.63, 3.8) is 0 Å². The van der Waals surface area contributed by atoms with Crippen LogP contribution in [0.3, 0.4) is 0 Å². The lowest BCUT2D eigenvalue weighted by atomic mass is 10.0. The third-order valence-corrected chi connectivity index (χ3v) is 3.07. The quantitative estimate of drug-likeness (QED) is 0.725. The first-order valence-corrected chi connectivity index (χ1v) is 5.49. The molecule has 0 spiro atoms. The predicted octanol–water partition coefficient (Wildman–Crippen LogP) is 1.23. The highest BCUT2D eigenvalue weighted by Gasteiger charge is 2.33. The van der Waals surface area contributed by atoms with Crippen molar-refractivity contribution >= 4 is 5.91 Å². The second-order valence-electron chi connectivity index (χ2n) is 4.95. The zero-order valence-electron chi connectivity index (χ0n) is 9.66. The van der Waals surface area contributed by atoms with Gasteiger partial charge < -0.3 is 10.6 Å². The lowest BCUT2D eigenvalue weighted by molar-refractivity contribution is -0.134.